The predicted molar refractivity (Wildman–Crippen MR) is 74.9 cm³/mol. The minimum absolute atomic E-state index is 0.186. The first-order chi connectivity index (χ1) is 8.58. The molecule has 0 saturated heterocycles. The average Bonchev–Trinajstić information content (AvgIpc) is 3.16. The highest BCUT2D eigenvalue weighted by Crippen LogP contribution is 2.24. The van der Waals surface area contributed by atoms with Crippen LogP contribution in [-0.4, -0.2) is 42.0 Å². The molecule has 0 aliphatic heterocycles. The third-order valence-electron chi connectivity index (χ3n) is 2.96. The molecule has 98 valence electrons. The Morgan fingerprint density at radius 3 is 2.94 bits per heavy atom. The van der Waals surface area contributed by atoms with E-state index in [-0.39, 0.29) is 5.91 Å². The van der Waals surface area contributed by atoms with Gasteiger partial charge in [-0.05, 0) is 48.0 Å². The van der Waals surface area contributed by atoms with Crippen LogP contribution in [0, 0.1) is 0 Å². The largest absolute Gasteiger partial charge is 0.349 e. The van der Waals surface area contributed by atoms with Gasteiger partial charge in [-0.3, -0.25) is 4.79 Å². The van der Waals surface area contributed by atoms with Gasteiger partial charge in [-0.15, -0.1) is 0 Å². The third-order valence-corrected chi connectivity index (χ3v) is 4.11. The van der Waals surface area contributed by atoms with Crippen molar-refractivity contribution >= 4 is 33.4 Å². The van der Waals surface area contributed by atoms with Crippen LogP contribution in [0.1, 0.15) is 23.3 Å². The maximum atomic E-state index is 11.8. The van der Waals surface area contributed by atoms with Crippen molar-refractivity contribution in [3.05, 3.63) is 27.5 Å². The number of aromatic nitrogens is 1. The van der Waals surface area contributed by atoms with Crippen molar-refractivity contribution < 1.29 is 4.79 Å². The lowest BCUT2D eigenvalue weighted by Gasteiger charge is -2.15. The Kier molecular flexibility index (Phi) is 4.59. The topological polar surface area (TPSA) is 45.2 Å². The summed E-state index contributed by atoms with van der Waals surface area (Å²) < 4.78 is 0.689. The van der Waals surface area contributed by atoms with E-state index in [9.17, 15) is 4.79 Å². The van der Waals surface area contributed by atoms with Gasteiger partial charge in [0.05, 0.1) is 4.47 Å². The fraction of sp³-hybridized carbons (Fsp3) is 0.500. The molecule has 1 fully saturated rings. The van der Waals surface area contributed by atoms with Crippen molar-refractivity contribution in [2.24, 2.45) is 0 Å². The predicted octanol–water partition coefficient (Wildman–Crippen LogP) is 2.32. The summed E-state index contributed by atoms with van der Waals surface area (Å²) in [5.74, 6) is -0.186. The van der Waals surface area contributed by atoms with Gasteiger partial charge in [0, 0.05) is 19.1 Å². The summed E-state index contributed by atoms with van der Waals surface area (Å²) in [7, 11) is 2.08. The first-order valence-electron chi connectivity index (χ1n) is 5.88. The van der Waals surface area contributed by atoms with Crippen LogP contribution in [0.5, 0.6) is 0 Å². The molecular weight excluding hydrogens is 318 g/mol. The number of rotatable bonds is 5. The number of hydrogen-bond donors (Lipinski definition) is 1. The number of pyridine rings is 1. The van der Waals surface area contributed by atoms with E-state index in [2.05, 4.69) is 38.2 Å². The van der Waals surface area contributed by atoms with E-state index >= 15 is 0 Å². The van der Waals surface area contributed by atoms with Crippen molar-refractivity contribution in [3.63, 3.8) is 0 Å². The molecular formula is C12H15BrClN3O. The number of carbonyl (C=O) groups excluding carboxylic acids is 1. The van der Waals surface area contributed by atoms with Crippen molar-refractivity contribution in [2.75, 3.05) is 20.1 Å². The van der Waals surface area contributed by atoms with Gasteiger partial charge < -0.3 is 10.2 Å². The molecule has 1 N–H and O–H groups in total. The molecule has 0 bridgehead atoms. The smallest absolute Gasteiger partial charge is 0.269 e. The summed E-state index contributed by atoms with van der Waals surface area (Å²) in [6.45, 7) is 1.49. The van der Waals surface area contributed by atoms with E-state index in [1.165, 1.54) is 12.8 Å². The number of likely N-dealkylation sites (N-methyl/N-ethyl adjacent to an activating group) is 1. The Bertz CT molecular complexity index is 451. The first-order valence-corrected chi connectivity index (χ1v) is 7.05. The maximum absolute atomic E-state index is 11.8. The Morgan fingerprint density at radius 1 is 1.61 bits per heavy atom. The van der Waals surface area contributed by atoms with Crippen molar-refractivity contribution in [1.82, 2.24) is 15.2 Å². The Balaban J connectivity index is 1.81. The highest BCUT2D eigenvalue weighted by molar-refractivity contribution is 9.10. The van der Waals surface area contributed by atoms with E-state index in [1.54, 1.807) is 12.1 Å². The molecule has 0 atom stereocenters. The molecule has 1 aromatic heterocycles. The summed E-state index contributed by atoms with van der Waals surface area (Å²) >= 11 is 9.09. The third kappa shape index (κ3) is 3.67. The highest BCUT2D eigenvalue weighted by atomic mass is 79.9. The molecule has 1 aromatic rings. The van der Waals surface area contributed by atoms with E-state index < -0.39 is 0 Å². The molecule has 0 spiro atoms. The molecule has 2 rings (SSSR count). The molecule has 1 aliphatic rings. The van der Waals surface area contributed by atoms with Crippen molar-refractivity contribution in [2.45, 2.75) is 18.9 Å². The zero-order valence-corrected chi connectivity index (χ0v) is 12.5. The summed E-state index contributed by atoms with van der Waals surface area (Å²) in [5.41, 5.74) is 0.345. The molecule has 18 heavy (non-hydrogen) atoms. The molecule has 0 radical (unpaired) electrons. The van der Waals surface area contributed by atoms with Gasteiger partial charge in [0.1, 0.15) is 10.8 Å². The summed E-state index contributed by atoms with van der Waals surface area (Å²) in [6, 6.07) is 4.08. The van der Waals surface area contributed by atoms with Gasteiger partial charge in [0.2, 0.25) is 0 Å². The van der Waals surface area contributed by atoms with Gasteiger partial charge in [-0.25, -0.2) is 4.98 Å². The molecule has 1 saturated carbocycles. The number of nitrogens with zero attached hydrogens (tertiary/aromatic N) is 2. The Morgan fingerprint density at radius 2 is 2.33 bits per heavy atom. The normalized spacial score (nSPS) is 14.9. The van der Waals surface area contributed by atoms with Crippen molar-refractivity contribution in [3.8, 4) is 0 Å². The molecule has 4 nitrogen and oxygen atoms in total. The lowest BCUT2D eigenvalue weighted by molar-refractivity contribution is 0.0944. The minimum atomic E-state index is -0.186. The van der Waals surface area contributed by atoms with Gasteiger partial charge in [0.25, 0.3) is 5.91 Å². The number of carbonyl (C=O) groups is 1. The maximum Gasteiger partial charge on any atom is 0.269 e. The Hall–Kier alpha value is -0.650. The monoisotopic (exact) mass is 331 g/mol. The fourth-order valence-corrected chi connectivity index (χ4v) is 2.05. The average molecular weight is 333 g/mol. The molecule has 1 aliphatic carbocycles. The van der Waals surface area contributed by atoms with E-state index in [4.69, 9.17) is 11.6 Å². The summed E-state index contributed by atoms with van der Waals surface area (Å²) in [5, 5.41) is 3.15. The highest BCUT2D eigenvalue weighted by Gasteiger charge is 2.25. The fourth-order valence-electron chi connectivity index (χ4n) is 1.68. The van der Waals surface area contributed by atoms with E-state index in [0.29, 0.717) is 27.9 Å². The molecule has 6 heteroatoms. The zero-order chi connectivity index (χ0) is 13.1. The van der Waals surface area contributed by atoms with Crippen LogP contribution in [0.15, 0.2) is 16.6 Å². The van der Waals surface area contributed by atoms with E-state index in [0.717, 1.165) is 6.54 Å². The van der Waals surface area contributed by atoms with Crippen LogP contribution in [0.2, 0.25) is 5.15 Å². The van der Waals surface area contributed by atoms with Gasteiger partial charge in [0.15, 0.2) is 0 Å². The Labute approximate surface area is 120 Å². The summed E-state index contributed by atoms with van der Waals surface area (Å²) in [6.07, 6.45) is 2.54. The molecule has 0 aromatic carbocycles. The SMILES string of the molecule is CN(CCNC(=O)c1ccc(Br)c(Cl)n1)C1CC1. The van der Waals surface area contributed by atoms with Gasteiger partial charge >= 0.3 is 0 Å². The van der Waals surface area contributed by atoms with Gasteiger partial charge in [-0.2, -0.15) is 0 Å². The van der Waals surface area contributed by atoms with Crippen LogP contribution < -0.4 is 5.32 Å². The second-order valence-electron chi connectivity index (χ2n) is 4.44. The standard InChI is InChI=1S/C12H15BrClN3O/c1-17(8-2-3-8)7-6-15-12(18)10-5-4-9(13)11(14)16-10/h4-5,8H,2-3,6-7H2,1H3,(H,15,18). The van der Waals surface area contributed by atoms with E-state index in [1.807, 2.05) is 0 Å². The molecule has 0 unspecified atom stereocenters. The number of amides is 1. The second kappa shape index (κ2) is 5.99. The molecule has 1 heterocycles. The quantitative estimate of drug-likeness (QED) is 0.842. The first kappa shape index (κ1) is 13.8. The number of hydrogen-bond acceptors (Lipinski definition) is 3. The van der Waals surface area contributed by atoms with Gasteiger partial charge in [-0.1, -0.05) is 11.6 Å². The number of halogens is 2. The summed E-state index contributed by atoms with van der Waals surface area (Å²) in [4.78, 5) is 18.1. The minimum Gasteiger partial charge on any atom is -0.349 e. The van der Waals surface area contributed by atoms with Crippen LogP contribution in [0.25, 0.3) is 0 Å². The lowest BCUT2D eigenvalue weighted by atomic mass is 10.3. The zero-order valence-electron chi connectivity index (χ0n) is 10.1. The van der Waals surface area contributed by atoms with Crippen LogP contribution in [0.3, 0.4) is 0 Å². The second-order valence-corrected chi connectivity index (χ2v) is 5.65. The molecule has 1 amide bonds. The van der Waals surface area contributed by atoms with Crippen molar-refractivity contribution in [1.29, 1.82) is 0 Å². The lowest BCUT2D eigenvalue weighted by Crippen LogP contribution is -2.34. The number of nitrogens with one attached hydrogen (secondary N) is 1. The van der Waals surface area contributed by atoms with Crippen LogP contribution >= 0.6 is 27.5 Å². The van der Waals surface area contributed by atoms with Crippen LogP contribution in [0.4, 0.5) is 0 Å². The van der Waals surface area contributed by atoms with Crippen LogP contribution in [-0.2, 0) is 0 Å².